The second kappa shape index (κ2) is 9.28. The second-order valence-corrected chi connectivity index (χ2v) is 9.27. The van der Waals surface area contributed by atoms with E-state index in [1.807, 2.05) is 30.3 Å². The molecule has 1 aliphatic carbocycles. The van der Waals surface area contributed by atoms with Gasteiger partial charge in [-0.25, -0.2) is 9.37 Å². The van der Waals surface area contributed by atoms with E-state index in [4.69, 9.17) is 22.2 Å². The van der Waals surface area contributed by atoms with Gasteiger partial charge in [0.1, 0.15) is 12.7 Å². The Hall–Kier alpha value is -3.75. The number of aliphatic hydroxyl groups excluding tert-OH is 1. The van der Waals surface area contributed by atoms with E-state index in [0.717, 1.165) is 24.2 Å². The predicted octanol–water partition coefficient (Wildman–Crippen LogP) is 5.54. The number of ether oxygens (including phenoxy) is 1. The molecule has 6 nitrogen and oxygen atoms in total. The SMILES string of the molecule is N#Cc1ncc(N2C(=S)N(c3ccc(OCc4ccccc4)c(F)c3)C3(CCC3)C2O)cc1C(F)(F)F. The van der Waals surface area contributed by atoms with Crippen LogP contribution in [0.15, 0.2) is 60.8 Å². The van der Waals surface area contributed by atoms with Gasteiger partial charge in [0, 0.05) is 11.8 Å². The molecular formula is C26H20F4N4O2S. The largest absolute Gasteiger partial charge is 0.486 e. The second-order valence-electron chi connectivity index (χ2n) is 8.91. The van der Waals surface area contributed by atoms with Gasteiger partial charge in [0.15, 0.2) is 28.6 Å². The number of benzene rings is 2. The standard InChI is InChI=1S/C26H20F4N4O2S/c27-20-12-17(7-8-22(20)36-15-16-5-2-1-3-6-16)34-24(37)33(23(35)25(34)9-4-10-25)18-11-19(26(28,29)30)21(13-31)32-14-18/h1-3,5-8,11-12,14,23,35H,4,9-10,15H2. The monoisotopic (exact) mass is 528 g/mol. The van der Waals surface area contributed by atoms with Gasteiger partial charge in [-0.3, -0.25) is 4.90 Å². The Balaban J connectivity index is 1.47. The maximum atomic E-state index is 15.1. The topological polar surface area (TPSA) is 72.6 Å². The molecule has 0 bridgehead atoms. The van der Waals surface area contributed by atoms with Gasteiger partial charge in [0.25, 0.3) is 0 Å². The van der Waals surface area contributed by atoms with Crippen LogP contribution in [0.1, 0.15) is 36.1 Å². The van der Waals surface area contributed by atoms with Crippen LogP contribution in [0.3, 0.4) is 0 Å². The third kappa shape index (κ3) is 4.26. The summed E-state index contributed by atoms with van der Waals surface area (Å²) in [6.07, 6.45) is -3.32. The van der Waals surface area contributed by atoms with Crippen LogP contribution < -0.4 is 14.5 Å². The maximum absolute atomic E-state index is 15.1. The number of alkyl halides is 3. The molecule has 1 aliphatic heterocycles. The number of halogens is 4. The van der Waals surface area contributed by atoms with Gasteiger partial charge in [-0.15, -0.1) is 0 Å². The van der Waals surface area contributed by atoms with Crippen molar-refractivity contribution in [2.75, 3.05) is 9.80 Å². The van der Waals surface area contributed by atoms with Crippen LogP contribution in [0.5, 0.6) is 5.75 Å². The quantitative estimate of drug-likeness (QED) is 0.344. The van der Waals surface area contributed by atoms with E-state index in [9.17, 15) is 18.3 Å². The first-order valence-electron chi connectivity index (χ1n) is 11.4. The van der Waals surface area contributed by atoms with Crippen LogP contribution in [-0.2, 0) is 12.8 Å². The predicted molar refractivity (Wildman–Crippen MR) is 131 cm³/mol. The van der Waals surface area contributed by atoms with Crippen molar-refractivity contribution in [3.05, 3.63) is 83.4 Å². The summed E-state index contributed by atoms with van der Waals surface area (Å²) in [7, 11) is 0. The minimum absolute atomic E-state index is 0.00388. The summed E-state index contributed by atoms with van der Waals surface area (Å²) < 4.78 is 61.3. The van der Waals surface area contributed by atoms with Crippen molar-refractivity contribution in [3.8, 4) is 11.8 Å². The average molecular weight is 529 g/mol. The lowest BCUT2D eigenvalue weighted by molar-refractivity contribution is -0.138. The minimum Gasteiger partial charge on any atom is -0.486 e. The highest BCUT2D eigenvalue weighted by molar-refractivity contribution is 7.80. The van der Waals surface area contributed by atoms with Crippen LogP contribution in [0, 0.1) is 17.1 Å². The number of thiocarbonyl (C=S) groups is 1. The van der Waals surface area contributed by atoms with Crippen molar-refractivity contribution in [2.24, 2.45) is 0 Å². The zero-order valence-electron chi connectivity index (χ0n) is 19.2. The van der Waals surface area contributed by atoms with Crippen molar-refractivity contribution in [3.63, 3.8) is 0 Å². The van der Waals surface area contributed by atoms with E-state index in [1.54, 1.807) is 11.0 Å². The zero-order valence-corrected chi connectivity index (χ0v) is 20.1. The van der Waals surface area contributed by atoms with E-state index < -0.39 is 35.0 Å². The van der Waals surface area contributed by atoms with Crippen LogP contribution in [0.25, 0.3) is 0 Å². The van der Waals surface area contributed by atoms with Gasteiger partial charge < -0.3 is 14.7 Å². The highest BCUT2D eigenvalue weighted by Crippen LogP contribution is 2.50. The first kappa shape index (κ1) is 24.9. The molecular weight excluding hydrogens is 508 g/mol. The molecule has 0 amide bonds. The van der Waals surface area contributed by atoms with Crippen LogP contribution >= 0.6 is 12.2 Å². The third-order valence-corrected chi connectivity index (χ3v) is 7.14. The van der Waals surface area contributed by atoms with E-state index in [-0.39, 0.29) is 23.2 Å². The van der Waals surface area contributed by atoms with E-state index in [0.29, 0.717) is 18.5 Å². The van der Waals surface area contributed by atoms with Crippen molar-refractivity contribution in [1.29, 1.82) is 5.26 Å². The van der Waals surface area contributed by atoms with E-state index >= 15 is 4.39 Å². The van der Waals surface area contributed by atoms with Gasteiger partial charge in [-0.2, -0.15) is 18.4 Å². The number of nitrogens with zero attached hydrogens (tertiary/aromatic N) is 4. The lowest BCUT2D eigenvalue weighted by Gasteiger charge is -2.46. The molecule has 1 aromatic heterocycles. The zero-order chi connectivity index (χ0) is 26.4. The van der Waals surface area contributed by atoms with Gasteiger partial charge in [-0.05, 0) is 55.2 Å². The van der Waals surface area contributed by atoms with Crippen molar-refractivity contribution >= 4 is 28.7 Å². The molecule has 0 radical (unpaired) electrons. The van der Waals surface area contributed by atoms with Gasteiger partial charge in [0.05, 0.1) is 23.0 Å². The number of pyridine rings is 1. The summed E-state index contributed by atoms with van der Waals surface area (Å²) in [6, 6.07) is 15.8. The molecule has 1 saturated heterocycles. The summed E-state index contributed by atoms with van der Waals surface area (Å²) in [6.45, 7) is 0.170. The Morgan fingerprint density at radius 2 is 1.86 bits per heavy atom. The highest BCUT2D eigenvalue weighted by Gasteiger charge is 2.59. The summed E-state index contributed by atoms with van der Waals surface area (Å²) in [4.78, 5) is 6.41. The molecule has 2 aromatic carbocycles. The number of nitriles is 1. The van der Waals surface area contributed by atoms with Gasteiger partial charge >= 0.3 is 6.18 Å². The molecule has 5 rings (SSSR count). The summed E-state index contributed by atoms with van der Waals surface area (Å²) in [5, 5.41) is 20.3. The average Bonchev–Trinajstić information content (AvgIpc) is 3.09. The molecule has 1 N–H and O–H groups in total. The Bertz CT molecular complexity index is 1390. The van der Waals surface area contributed by atoms with Crippen LogP contribution in [-0.4, -0.2) is 27.0 Å². The molecule has 1 spiro atoms. The first-order valence-corrected chi connectivity index (χ1v) is 11.8. The minimum atomic E-state index is -4.83. The lowest BCUT2D eigenvalue weighted by atomic mass is 9.74. The molecule has 2 heterocycles. The fourth-order valence-corrected chi connectivity index (χ4v) is 5.26. The molecule has 1 atom stereocenters. The van der Waals surface area contributed by atoms with Gasteiger partial charge in [0.2, 0.25) is 0 Å². The number of aromatic nitrogens is 1. The number of rotatable bonds is 5. The van der Waals surface area contributed by atoms with Crippen molar-refractivity contribution < 1.29 is 27.4 Å². The Kier molecular flexibility index (Phi) is 6.25. The lowest BCUT2D eigenvalue weighted by Crippen LogP contribution is -2.57. The molecule has 1 unspecified atom stereocenters. The molecule has 1 saturated carbocycles. The van der Waals surface area contributed by atoms with E-state index in [2.05, 4.69) is 4.98 Å². The Morgan fingerprint density at radius 3 is 2.46 bits per heavy atom. The van der Waals surface area contributed by atoms with Gasteiger partial charge in [-0.1, -0.05) is 30.3 Å². The number of anilines is 2. The van der Waals surface area contributed by atoms with E-state index in [1.165, 1.54) is 23.1 Å². The Labute approximate surface area is 215 Å². The van der Waals surface area contributed by atoms with Crippen molar-refractivity contribution in [2.45, 2.75) is 43.8 Å². The number of hydrogen-bond donors (Lipinski definition) is 1. The Morgan fingerprint density at radius 1 is 1.14 bits per heavy atom. The summed E-state index contributed by atoms with van der Waals surface area (Å²) >= 11 is 5.61. The molecule has 2 aliphatic rings. The first-order chi connectivity index (χ1) is 17.7. The number of aliphatic hydroxyl groups is 1. The number of hydrogen-bond acceptors (Lipinski definition) is 5. The molecule has 3 aromatic rings. The smallest absolute Gasteiger partial charge is 0.419 e. The highest BCUT2D eigenvalue weighted by atomic mass is 32.1. The van der Waals surface area contributed by atoms with Crippen LogP contribution in [0.2, 0.25) is 0 Å². The molecule has 2 fully saturated rings. The normalized spacial score (nSPS) is 18.6. The van der Waals surface area contributed by atoms with Crippen LogP contribution in [0.4, 0.5) is 28.9 Å². The molecule has 11 heteroatoms. The van der Waals surface area contributed by atoms with Crippen molar-refractivity contribution in [1.82, 2.24) is 4.98 Å². The third-order valence-electron chi connectivity index (χ3n) is 6.76. The fraction of sp³-hybridized carbons (Fsp3) is 0.269. The summed E-state index contributed by atoms with van der Waals surface area (Å²) in [5.74, 6) is -0.609. The molecule has 190 valence electrons. The maximum Gasteiger partial charge on any atom is 0.419 e. The molecule has 37 heavy (non-hydrogen) atoms. The fourth-order valence-electron chi connectivity index (χ4n) is 4.77. The summed E-state index contributed by atoms with van der Waals surface area (Å²) in [5.41, 5.74) is -1.85.